The minimum Gasteiger partial charge on any atom is -0.383 e. The Hall–Kier alpha value is -1.34. The minimum absolute atomic E-state index is 0.281. The number of thioether (sulfide) groups is 1. The SMILES string of the molecule is CCC[C@@H]1Cc2c(sc3nc(SCc4ccc(Cl)cc4)nc(N)c23)CO1. The lowest BCUT2D eigenvalue weighted by Crippen LogP contribution is -2.21. The highest BCUT2D eigenvalue weighted by atomic mass is 35.5. The van der Waals surface area contributed by atoms with Gasteiger partial charge >= 0.3 is 0 Å². The zero-order valence-electron chi connectivity index (χ0n) is 14.5. The molecule has 1 aliphatic heterocycles. The van der Waals surface area contributed by atoms with E-state index in [1.807, 2.05) is 24.3 Å². The molecule has 4 nitrogen and oxygen atoms in total. The molecule has 0 aliphatic carbocycles. The molecule has 0 spiro atoms. The quantitative estimate of drug-likeness (QED) is 0.451. The Bertz CT molecular complexity index is 927. The molecule has 3 heterocycles. The number of hydrogen-bond donors (Lipinski definition) is 1. The van der Waals surface area contributed by atoms with Gasteiger partial charge in [-0.1, -0.05) is 48.8 Å². The maximum atomic E-state index is 6.32. The van der Waals surface area contributed by atoms with E-state index in [1.165, 1.54) is 16.0 Å². The van der Waals surface area contributed by atoms with E-state index in [0.717, 1.165) is 45.4 Å². The van der Waals surface area contributed by atoms with Gasteiger partial charge in [0.25, 0.3) is 0 Å². The molecule has 0 saturated carbocycles. The van der Waals surface area contributed by atoms with Crippen LogP contribution in [-0.2, 0) is 23.5 Å². The molecule has 7 heteroatoms. The van der Waals surface area contributed by atoms with Crippen molar-refractivity contribution >= 4 is 50.7 Å². The molecule has 0 amide bonds. The van der Waals surface area contributed by atoms with Gasteiger partial charge in [-0.25, -0.2) is 9.97 Å². The van der Waals surface area contributed by atoms with Crippen LogP contribution in [0.1, 0.15) is 35.8 Å². The summed E-state index contributed by atoms with van der Waals surface area (Å²) in [6, 6.07) is 7.84. The molecule has 1 aromatic carbocycles. The molecule has 3 aromatic rings. The average molecular weight is 406 g/mol. The lowest BCUT2D eigenvalue weighted by Gasteiger charge is -2.22. The van der Waals surface area contributed by atoms with Gasteiger partial charge in [-0.2, -0.15) is 0 Å². The summed E-state index contributed by atoms with van der Waals surface area (Å²) >= 11 is 9.22. The molecule has 26 heavy (non-hydrogen) atoms. The summed E-state index contributed by atoms with van der Waals surface area (Å²) in [5.41, 5.74) is 8.79. The molecule has 0 saturated heterocycles. The Kier molecular flexibility index (Phi) is 5.36. The number of nitrogens with two attached hydrogens (primary N) is 1. The van der Waals surface area contributed by atoms with Gasteiger partial charge in [-0.15, -0.1) is 11.3 Å². The fourth-order valence-electron chi connectivity index (χ4n) is 3.22. The summed E-state index contributed by atoms with van der Waals surface area (Å²) < 4.78 is 5.96. The fraction of sp³-hybridized carbons (Fsp3) is 0.368. The standard InChI is InChI=1S/C19H20ClN3OS2/c1-2-3-13-8-14-15(9-24-13)26-18-16(14)17(21)22-19(23-18)25-10-11-4-6-12(20)7-5-11/h4-7,13H,2-3,8-10H2,1H3,(H2,21,22,23)/t13-/m1/s1. The van der Waals surface area contributed by atoms with Gasteiger partial charge < -0.3 is 10.5 Å². The van der Waals surface area contributed by atoms with Gasteiger partial charge in [0.2, 0.25) is 0 Å². The van der Waals surface area contributed by atoms with Crippen LogP contribution >= 0.6 is 34.7 Å². The monoisotopic (exact) mass is 405 g/mol. The molecule has 0 fully saturated rings. The van der Waals surface area contributed by atoms with Crippen LogP contribution in [0.25, 0.3) is 10.2 Å². The minimum atomic E-state index is 0.281. The Morgan fingerprint density at radius 1 is 1.31 bits per heavy atom. The van der Waals surface area contributed by atoms with E-state index in [-0.39, 0.29) is 6.10 Å². The number of aromatic nitrogens is 2. The van der Waals surface area contributed by atoms with Crippen molar-refractivity contribution in [2.75, 3.05) is 5.73 Å². The zero-order chi connectivity index (χ0) is 18.1. The normalized spacial score (nSPS) is 16.8. The highest BCUT2D eigenvalue weighted by Crippen LogP contribution is 2.39. The smallest absolute Gasteiger partial charge is 0.191 e. The number of benzene rings is 1. The van der Waals surface area contributed by atoms with Gasteiger partial charge in [0.1, 0.15) is 10.6 Å². The van der Waals surface area contributed by atoms with Gasteiger partial charge in [0, 0.05) is 22.1 Å². The van der Waals surface area contributed by atoms with Crippen molar-refractivity contribution < 1.29 is 4.74 Å². The van der Waals surface area contributed by atoms with Crippen LogP contribution in [0.5, 0.6) is 0 Å². The number of ether oxygens (including phenoxy) is 1. The lowest BCUT2D eigenvalue weighted by molar-refractivity contribution is 0.0254. The summed E-state index contributed by atoms with van der Waals surface area (Å²) in [4.78, 5) is 11.5. The third-order valence-electron chi connectivity index (χ3n) is 4.52. The summed E-state index contributed by atoms with van der Waals surface area (Å²) in [5.74, 6) is 1.37. The molecule has 1 aliphatic rings. The van der Waals surface area contributed by atoms with E-state index >= 15 is 0 Å². The van der Waals surface area contributed by atoms with E-state index < -0.39 is 0 Å². The van der Waals surface area contributed by atoms with Crippen LogP contribution in [-0.4, -0.2) is 16.1 Å². The molecule has 0 unspecified atom stereocenters. The van der Waals surface area contributed by atoms with Gasteiger partial charge in [-0.3, -0.25) is 0 Å². The number of rotatable bonds is 5. The Morgan fingerprint density at radius 3 is 2.88 bits per heavy atom. The molecule has 2 N–H and O–H groups in total. The van der Waals surface area contributed by atoms with Crippen LogP contribution in [0.4, 0.5) is 5.82 Å². The number of thiophene rings is 1. The molecule has 1 atom stereocenters. The first kappa shape index (κ1) is 18.0. The number of halogens is 1. The third kappa shape index (κ3) is 3.69. The van der Waals surface area contributed by atoms with Crippen molar-refractivity contribution in [2.24, 2.45) is 0 Å². The van der Waals surface area contributed by atoms with E-state index in [9.17, 15) is 0 Å². The second-order valence-electron chi connectivity index (χ2n) is 6.42. The van der Waals surface area contributed by atoms with E-state index in [1.54, 1.807) is 23.1 Å². The third-order valence-corrected chi connectivity index (χ3v) is 6.79. The second-order valence-corrected chi connectivity index (χ2v) is 8.88. The van der Waals surface area contributed by atoms with Crippen molar-refractivity contribution in [3.63, 3.8) is 0 Å². The first-order chi connectivity index (χ1) is 12.6. The topological polar surface area (TPSA) is 61.0 Å². The van der Waals surface area contributed by atoms with Crippen molar-refractivity contribution in [1.82, 2.24) is 9.97 Å². The van der Waals surface area contributed by atoms with Gasteiger partial charge in [0.05, 0.1) is 18.1 Å². The Labute approximate surface area is 166 Å². The summed E-state index contributed by atoms with van der Waals surface area (Å²) in [7, 11) is 0. The van der Waals surface area contributed by atoms with Gasteiger partial charge in [0.15, 0.2) is 5.16 Å². The molecular formula is C19H20ClN3OS2. The lowest BCUT2D eigenvalue weighted by atomic mass is 10.0. The number of fused-ring (bicyclic) bond motifs is 3. The molecular weight excluding hydrogens is 386 g/mol. The zero-order valence-corrected chi connectivity index (χ0v) is 16.9. The highest BCUT2D eigenvalue weighted by molar-refractivity contribution is 7.98. The van der Waals surface area contributed by atoms with Crippen LogP contribution < -0.4 is 5.73 Å². The van der Waals surface area contributed by atoms with Crippen molar-refractivity contribution in [3.05, 3.63) is 45.3 Å². The second kappa shape index (κ2) is 7.72. The predicted molar refractivity (Wildman–Crippen MR) is 110 cm³/mol. The first-order valence-electron chi connectivity index (χ1n) is 8.70. The molecule has 0 radical (unpaired) electrons. The fourth-order valence-corrected chi connectivity index (χ4v) is 5.35. The number of hydrogen-bond acceptors (Lipinski definition) is 6. The largest absolute Gasteiger partial charge is 0.383 e. The van der Waals surface area contributed by atoms with Crippen molar-refractivity contribution in [1.29, 1.82) is 0 Å². The van der Waals surface area contributed by atoms with Crippen LogP contribution in [0.2, 0.25) is 5.02 Å². The molecule has 0 bridgehead atoms. The van der Waals surface area contributed by atoms with Gasteiger partial charge in [-0.05, 0) is 29.7 Å². The Balaban J connectivity index is 1.58. The van der Waals surface area contributed by atoms with E-state index in [2.05, 4.69) is 11.9 Å². The maximum Gasteiger partial charge on any atom is 0.191 e. The highest BCUT2D eigenvalue weighted by Gasteiger charge is 2.25. The summed E-state index contributed by atoms with van der Waals surface area (Å²) in [5, 5.41) is 2.49. The summed E-state index contributed by atoms with van der Waals surface area (Å²) in [6.45, 7) is 2.85. The van der Waals surface area contributed by atoms with E-state index in [4.69, 9.17) is 27.1 Å². The number of anilines is 1. The van der Waals surface area contributed by atoms with Crippen LogP contribution in [0.3, 0.4) is 0 Å². The van der Waals surface area contributed by atoms with Crippen LogP contribution in [0.15, 0.2) is 29.4 Å². The average Bonchev–Trinajstić information content (AvgIpc) is 3.00. The number of nitrogens with zero attached hydrogens (tertiary/aromatic N) is 2. The van der Waals surface area contributed by atoms with Crippen molar-refractivity contribution in [2.45, 2.75) is 49.8 Å². The molecule has 2 aromatic heterocycles. The molecule has 4 rings (SSSR count). The van der Waals surface area contributed by atoms with Crippen LogP contribution in [0, 0.1) is 0 Å². The predicted octanol–water partition coefficient (Wildman–Crippen LogP) is 5.46. The number of nitrogen functional groups attached to an aromatic ring is 1. The maximum absolute atomic E-state index is 6.32. The van der Waals surface area contributed by atoms with E-state index in [0.29, 0.717) is 12.4 Å². The Morgan fingerprint density at radius 2 is 2.12 bits per heavy atom. The first-order valence-corrected chi connectivity index (χ1v) is 10.9. The summed E-state index contributed by atoms with van der Waals surface area (Å²) in [6.07, 6.45) is 3.39. The molecule has 136 valence electrons. The van der Waals surface area contributed by atoms with Crippen molar-refractivity contribution in [3.8, 4) is 0 Å².